The van der Waals surface area contributed by atoms with E-state index in [2.05, 4.69) is 73.6 Å². The van der Waals surface area contributed by atoms with Gasteiger partial charge in [0.1, 0.15) is 0 Å². The van der Waals surface area contributed by atoms with Gasteiger partial charge < -0.3 is 0 Å². The number of fused-ring (bicyclic) bond motifs is 2. The summed E-state index contributed by atoms with van der Waals surface area (Å²) in [5.41, 5.74) is 5.82. The van der Waals surface area contributed by atoms with Crippen molar-refractivity contribution in [2.24, 2.45) is 0 Å². The van der Waals surface area contributed by atoms with Gasteiger partial charge >= 0.3 is 134 Å². The van der Waals surface area contributed by atoms with Crippen molar-refractivity contribution in [3.05, 3.63) is 71.3 Å². The summed E-state index contributed by atoms with van der Waals surface area (Å²) in [7, 11) is 4.27. The van der Waals surface area contributed by atoms with Crippen molar-refractivity contribution in [1.82, 2.24) is 4.90 Å². The molecule has 2 aromatic rings. The molecule has 0 fully saturated rings. The van der Waals surface area contributed by atoms with Crippen LogP contribution in [-0.2, 0) is 5.32 Å². The number of benzene rings is 2. The molecule has 0 aromatic heterocycles. The molecule has 1 aliphatic heterocycles. The predicted molar refractivity (Wildman–Crippen MR) is 92.2 cm³/mol. The van der Waals surface area contributed by atoms with Crippen LogP contribution >= 0.6 is 0 Å². The van der Waals surface area contributed by atoms with Gasteiger partial charge in [-0.15, -0.1) is 0 Å². The zero-order valence-electron chi connectivity index (χ0n) is 12.7. The van der Waals surface area contributed by atoms with E-state index in [4.69, 9.17) is 0 Å². The second-order valence-electron chi connectivity index (χ2n) is 5.65. The first-order valence-corrected chi connectivity index (χ1v) is 9.48. The number of nitrogens with zero attached hydrogens (tertiary/aromatic N) is 1. The average Bonchev–Trinajstić information content (AvgIpc) is 2.65. The van der Waals surface area contributed by atoms with Gasteiger partial charge in [0.25, 0.3) is 0 Å². The van der Waals surface area contributed by atoms with Crippen LogP contribution in [0, 0.1) is 0 Å². The predicted octanol–water partition coefficient (Wildman–Crippen LogP) is 2.91. The van der Waals surface area contributed by atoms with Gasteiger partial charge in [0, 0.05) is 0 Å². The fourth-order valence-corrected chi connectivity index (χ4v) is 4.96. The van der Waals surface area contributed by atoms with Crippen LogP contribution in [0.15, 0.2) is 54.6 Å². The Kier molecular flexibility index (Phi) is 4.60. The molecule has 0 atom stereocenters. The SMILES string of the molecule is CN(C)CC/C=C1/c2ccccc2C[Se]c2ccccc21. The molecule has 0 N–H and O–H groups in total. The van der Waals surface area contributed by atoms with Crippen molar-refractivity contribution in [1.29, 1.82) is 0 Å². The Morgan fingerprint density at radius 2 is 1.71 bits per heavy atom. The van der Waals surface area contributed by atoms with Crippen molar-refractivity contribution in [3.63, 3.8) is 0 Å². The summed E-state index contributed by atoms with van der Waals surface area (Å²) in [5, 5.41) is 1.20. The molecule has 0 aliphatic carbocycles. The van der Waals surface area contributed by atoms with Crippen LogP contribution in [0.3, 0.4) is 0 Å². The van der Waals surface area contributed by atoms with Gasteiger partial charge in [-0.3, -0.25) is 0 Å². The molecule has 1 nitrogen and oxygen atoms in total. The zero-order chi connectivity index (χ0) is 14.7. The molecule has 0 saturated carbocycles. The van der Waals surface area contributed by atoms with Crippen LogP contribution in [0.25, 0.3) is 5.57 Å². The van der Waals surface area contributed by atoms with Crippen LogP contribution in [-0.4, -0.2) is 40.5 Å². The Morgan fingerprint density at radius 1 is 1.00 bits per heavy atom. The normalized spacial score (nSPS) is 15.7. The van der Waals surface area contributed by atoms with E-state index in [-0.39, 0.29) is 0 Å². The molecule has 0 bridgehead atoms. The maximum absolute atomic E-state index is 2.43. The molecule has 0 spiro atoms. The van der Waals surface area contributed by atoms with Crippen LogP contribution in [0.2, 0.25) is 0 Å². The molecule has 0 unspecified atom stereocenters. The number of rotatable bonds is 3. The third-order valence-electron chi connectivity index (χ3n) is 3.79. The summed E-state index contributed by atoms with van der Waals surface area (Å²) in [6.07, 6.45) is 3.52. The maximum atomic E-state index is 2.43. The first-order chi connectivity index (χ1) is 10.3. The molecule has 0 saturated heterocycles. The molecule has 2 aromatic carbocycles. The van der Waals surface area contributed by atoms with Gasteiger partial charge in [-0.25, -0.2) is 0 Å². The fourth-order valence-electron chi connectivity index (χ4n) is 2.71. The molecule has 0 radical (unpaired) electrons. The topological polar surface area (TPSA) is 3.24 Å². The van der Waals surface area contributed by atoms with E-state index in [0.29, 0.717) is 15.0 Å². The van der Waals surface area contributed by atoms with Crippen LogP contribution < -0.4 is 4.46 Å². The van der Waals surface area contributed by atoms with Gasteiger partial charge in [-0.05, 0) is 0 Å². The molecule has 0 amide bonds. The monoisotopic (exact) mass is 343 g/mol. The summed E-state index contributed by atoms with van der Waals surface area (Å²) in [6.45, 7) is 1.10. The molecule has 3 rings (SSSR count). The quantitative estimate of drug-likeness (QED) is 0.776. The van der Waals surface area contributed by atoms with E-state index in [1.54, 1.807) is 0 Å². The minimum absolute atomic E-state index is 0.532. The van der Waals surface area contributed by atoms with E-state index < -0.39 is 0 Å². The summed E-state index contributed by atoms with van der Waals surface area (Å²) in [4.78, 5) is 2.25. The second kappa shape index (κ2) is 6.61. The molecular formula is C19H21NSe. The number of hydrogen-bond acceptors (Lipinski definition) is 1. The Labute approximate surface area is 133 Å². The molecule has 108 valence electrons. The minimum atomic E-state index is 0.532. The van der Waals surface area contributed by atoms with E-state index >= 15 is 0 Å². The first kappa shape index (κ1) is 14.6. The standard InChI is InChI=1S/C19H21NSe/c1-20(2)13-7-11-17-16-9-4-3-8-15(16)14-21-19-12-6-5-10-18(17)19/h3-6,8-12H,7,13-14H2,1-2H3/b17-11-. The van der Waals surface area contributed by atoms with E-state index in [9.17, 15) is 0 Å². The Hall–Kier alpha value is -1.34. The Bertz CT molecular complexity index is 609. The van der Waals surface area contributed by atoms with Crippen LogP contribution in [0.4, 0.5) is 0 Å². The van der Waals surface area contributed by atoms with E-state index in [1.165, 1.54) is 32.0 Å². The number of hydrogen-bond donors (Lipinski definition) is 0. The fraction of sp³-hybridized carbons (Fsp3) is 0.263. The van der Waals surface area contributed by atoms with Crippen molar-refractivity contribution < 1.29 is 0 Å². The third-order valence-corrected chi connectivity index (χ3v) is 6.15. The Balaban J connectivity index is 2.07. The van der Waals surface area contributed by atoms with Crippen molar-refractivity contribution in [2.45, 2.75) is 11.7 Å². The second-order valence-corrected chi connectivity index (χ2v) is 7.79. The summed E-state index contributed by atoms with van der Waals surface area (Å²) < 4.78 is 1.54. The third kappa shape index (κ3) is 3.29. The van der Waals surface area contributed by atoms with Gasteiger partial charge in [0.05, 0.1) is 0 Å². The van der Waals surface area contributed by atoms with Gasteiger partial charge in [-0.2, -0.15) is 0 Å². The molecule has 1 aliphatic rings. The summed E-state index contributed by atoms with van der Waals surface area (Å²) >= 11 is 0.532. The summed E-state index contributed by atoms with van der Waals surface area (Å²) in [6, 6.07) is 17.9. The van der Waals surface area contributed by atoms with Gasteiger partial charge in [0.15, 0.2) is 0 Å². The molecule has 1 heterocycles. The van der Waals surface area contributed by atoms with Crippen molar-refractivity contribution >= 4 is 25.0 Å². The molecule has 2 heteroatoms. The van der Waals surface area contributed by atoms with Gasteiger partial charge in [-0.1, -0.05) is 0 Å². The van der Waals surface area contributed by atoms with E-state index in [0.717, 1.165) is 13.0 Å². The molecule has 21 heavy (non-hydrogen) atoms. The van der Waals surface area contributed by atoms with Crippen LogP contribution in [0.1, 0.15) is 23.1 Å². The zero-order valence-corrected chi connectivity index (χ0v) is 14.4. The average molecular weight is 342 g/mol. The van der Waals surface area contributed by atoms with Gasteiger partial charge in [0.2, 0.25) is 0 Å². The first-order valence-electron chi connectivity index (χ1n) is 7.41. The van der Waals surface area contributed by atoms with Crippen molar-refractivity contribution in [2.75, 3.05) is 20.6 Å². The van der Waals surface area contributed by atoms with Crippen LogP contribution in [0.5, 0.6) is 0 Å². The van der Waals surface area contributed by atoms with Crippen molar-refractivity contribution in [3.8, 4) is 0 Å². The molecular weight excluding hydrogens is 321 g/mol. The summed E-state index contributed by atoms with van der Waals surface area (Å²) in [5.74, 6) is 0. The Morgan fingerprint density at radius 3 is 2.52 bits per heavy atom. The van der Waals surface area contributed by atoms with E-state index in [1.807, 2.05) is 0 Å².